The second kappa shape index (κ2) is 10.4. The minimum absolute atomic E-state index is 0.0503. The molecular weight excluding hydrogens is 389 g/mol. The second-order valence-corrected chi connectivity index (χ2v) is 5.45. The fourth-order valence-corrected chi connectivity index (χ4v) is 2.44. The fraction of sp³-hybridized carbons (Fsp3) is 0.273. The molecular formula is C22H22FN3O4. The Labute approximate surface area is 191 Å². The molecule has 0 bridgehead atoms. The van der Waals surface area contributed by atoms with Gasteiger partial charge in [-0.15, -0.1) is 6.42 Å². The first-order chi connectivity index (χ1) is 19.1. The predicted molar refractivity (Wildman–Crippen MR) is 112 cm³/mol. The lowest BCUT2D eigenvalue weighted by atomic mass is 10.1. The van der Waals surface area contributed by atoms with Crippen LogP contribution in [0.4, 0.5) is 15.9 Å². The van der Waals surface area contributed by atoms with E-state index in [0.717, 1.165) is 24.5 Å². The molecule has 7 nitrogen and oxygen atoms in total. The molecule has 0 unspecified atom stereocenters. The standard InChI is InChI=1S/C22H22FN3O4/c1-4-15-11-16(5-6-18(15)23)26-22-17-12-20(29-9-7-27-2)21(30-10-8-28-3)13-19(17)24-14-25-22/h1,5-6,11-14H,7-10H2,2-3H3,(H,24,25,26)/i2D3,3D3,7D2,8D2,9D2. The van der Waals surface area contributed by atoms with Crippen LogP contribution in [0, 0.1) is 18.2 Å². The number of methoxy groups -OCH3 is 2. The van der Waals surface area contributed by atoms with Gasteiger partial charge in [-0.05, 0) is 24.3 Å². The number of fused-ring (bicyclic) bond motifs is 1. The van der Waals surface area contributed by atoms with E-state index in [2.05, 4.69) is 30.7 Å². The molecule has 1 heterocycles. The zero-order valence-corrected chi connectivity index (χ0v) is 15.2. The number of hydrogen-bond donors (Lipinski definition) is 1. The van der Waals surface area contributed by atoms with Gasteiger partial charge in [-0.2, -0.15) is 0 Å². The van der Waals surface area contributed by atoms with Gasteiger partial charge < -0.3 is 24.3 Å². The molecule has 0 amide bonds. The summed E-state index contributed by atoms with van der Waals surface area (Å²) in [5.41, 5.74) is 0.324. The Morgan fingerprint density at radius 2 is 1.93 bits per heavy atom. The molecule has 0 spiro atoms. The minimum atomic E-state index is -3.56. The number of nitrogens with one attached hydrogen (secondary N) is 1. The lowest BCUT2D eigenvalue weighted by molar-refractivity contribution is 0.132. The number of rotatable bonds is 10. The van der Waals surface area contributed by atoms with Crippen LogP contribution in [0.25, 0.3) is 10.9 Å². The molecule has 3 aromatic rings. The number of benzene rings is 2. The predicted octanol–water partition coefficient (Wildman–Crippen LogP) is 3.54. The Kier molecular flexibility index (Phi) is 3.66. The van der Waals surface area contributed by atoms with Gasteiger partial charge in [0.15, 0.2) is 11.5 Å². The molecule has 2 aromatic carbocycles. The van der Waals surface area contributed by atoms with Crippen molar-refractivity contribution in [3.05, 3.63) is 48.0 Å². The van der Waals surface area contributed by atoms with E-state index in [1.165, 1.54) is 12.1 Å². The Morgan fingerprint density at radius 3 is 2.77 bits per heavy atom. The largest absolute Gasteiger partial charge is 0.487 e. The van der Waals surface area contributed by atoms with Crippen LogP contribution < -0.4 is 14.8 Å². The van der Waals surface area contributed by atoms with Crippen molar-refractivity contribution in [1.82, 2.24) is 9.97 Å². The second-order valence-electron chi connectivity index (χ2n) is 5.45. The van der Waals surface area contributed by atoms with E-state index in [9.17, 15) is 4.39 Å². The van der Waals surface area contributed by atoms with Crippen molar-refractivity contribution in [1.29, 1.82) is 0 Å². The number of anilines is 2. The summed E-state index contributed by atoms with van der Waals surface area (Å²) in [5.74, 6) is 0.508. The van der Waals surface area contributed by atoms with Gasteiger partial charge in [0.2, 0.25) is 0 Å². The van der Waals surface area contributed by atoms with Crippen molar-refractivity contribution in [2.45, 2.75) is 0 Å². The minimum Gasteiger partial charge on any atom is -0.487 e. The average molecular weight is 424 g/mol. The monoisotopic (exact) mass is 423 g/mol. The van der Waals surface area contributed by atoms with Crippen LogP contribution in [0.5, 0.6) is 11.5 Å². The van der Waals surface area contributed by atoms with Gasteiger partial charge in [-0.25, -0.2) is 14.4 Å². The molecule has 0 atom stereocenters. The molecule has 0 aliphatic heterocycles. The van der Waals surface area contributed by atoms with Gasteiger partial charge in [-0.1, -0.05) is 5.92 Å². The SMILES string of the molecule is [2H]C([2H])([2H])OC([2H])([2H])COc1cc2ncnc(Nc3ccc(F)c(C#C)c3)c2cc1OC([2H])([2H])C([2H])([2H])OC([2H])([2H])[2H]. The lowest BCUT2D eigenvalue weighted by Crippen LogP contribution is -2.09. The van der Waals surface area contributed by atoms with E-state index < -0.39 is 57.7 Å². The van der Waals surface area contributed by atoms with Gasteiger partial charge in [0.05, 0.1) is 40.6 Å². The fourth-order valence-electron chi connectivity index (χ4n) is 2.44. The van der Waals surface area contributed by atoms with Crippen molar-refractivity contribution < 1.29 is 39.8 Å². The summed E-state index contributed by atoms with van der Waals surface area (Å²) in [6.07, 6.45) is 6.42. The smallest absolute Gasteiger partial charge is 0.163 e. The Hall–Kier alpha value is -3.41. The van der Waals surface area contributed by atoms with Crippen molar-refractivity contribution in [3.63, 3.8) is 0 Å². The van der Waals surface area contributed by atoms with Gasteiger partial charge in [0.25, 0.3) is 0 Å². The highest BCUT2D eigenvalue weighted by Crippen LogP contribution is 2.35. The molecule has 0 aliphatic rings. The summed E-state index contributed by atoms with van der Waals surface area (Å²) < 4.78 is 123. The molecule has 1 aromatic heterocycles. The first kappa shape index (κ1) is 10.6. The maximum Gasteiger partial charge on any atom is 0.163 e. The molecule has 0 radical (unpaired) electrons. The molecule has 0 fully saturated rings. The van der Waals surface area contributed by atoms with E-state index in [0.29, 0.717) is 5.69 Å². The van der Waals surface area contributed by atoms with Crippen molar-refractivity contribution >= 4 is 22.4 Å². The first-order valence-corrected chi connectivity index (χ1v) is 8.16. The molecule has 8 heteroatoms. The maximum atomic E-state index is 13.9. The molecule has 1 N–H and O–H groups in total. The highest BCUT2D eigenvalue weighted by Gasteiger charge is 2.13. The van der Waals surface area contributed by atoms with E-state index in [1.54, 1.807) is 0 Å². The third-order valence-corrected chi connectivity index (χ3v) is 3.70. The molecule has 3 rings (SSSR count). The third kappa shape index (κ3) is 5.14. The molecule has 0 saturated carbocycles. The topological polar surface area (TPSA) is 74.7 Å². The molecule has 0 saturated heterocycles. The zero-order chi connectivity index (χ0) is 31.7. The number of halogens is 1. The summed E-state index contributed by atoms with van der Waals surface area (Å²) in [5, 5.41) is 2.98. The van der Waals surface area contributed by atoms with Crippen LogP contribution >= 0.6 is 0 Å². The number of nitrogens with zero attached hydrogens (tertiary/aromatic N) is 2. The zero-order valence-electron chi connectivity index (χ0n) is 27.2. The average Bonchev–Trinajstić information content (AvgIpc) is 2.81. The summed E-state index contributed by atoms with van der Waals surface area (Å²) >= 11 is 0. The van der Waals surface area contributed by atoms with Gasteiger partial charge in [0, 0.05) is 31.2 Å². The first-order valence-electron chi connectivity index (χ1n) is 14.2. The van der Waals surface area contributed by atoms with Crippen LogP contribution in [-0.2, 0) is 9.47 Å². The normalized spacial score (nSPS) is 18.8. The van der Waals surface area contributed by atoms with Gasteiger partial charge >= 0.3 is 0 Å². The van der Waals surface area contributed by atoms with Crippen LogP contribution in [0.3, 0.4) is 0 Å². The van der Waals surface area contributed by atoms with E-state index in [-0.39, 0.29) is 22.3 Å². The number of aromatic nitrogens is 2. The van der Waals surface area contributed by atoms with Crippen molar-refractivity contribution in [2.24, 2.45) is 0 Å². The molecule has 0 aliphatic carbocycles. The van der Waals surface area contributed by atoms with Gasteiger partial charge in [0.1, 0.15) is 31.1 Å². The van der Waals surface area contributed by atoms with Crippen LogP contribution in [-0.4, -0.2) is 50.3 Å². The van der Waals surface area contributed by atoms with Crippen LogP contribution in [0.1, 0.15) is 22.0 Å². The Balaban J connectivity index is 2.10. The molecule has 156 valence electrons. The summed E-state index contributed by atoms with van der Waals surface area (Å²) in [6.45, 7) is -11.0. The van der Waals surface area contributed by atoms with E-state index in [1.807, 2.05) is 0 Å². The number of hydrogen-bond acceptors (Lipinski definition) is 7. The van der Waals surface area contributed by atoms with Crippen LogP contribution in [0.2, 0.25) is 0 Å². The number of terminal acetylenes is 1. The van der Waals surface area contributed by atoms with Crippen LogP contribution in [0.15, 0.2) is 36.7 Å². The molecule has 30 heavy (non-hydrogen) atoms. The lowest BCUT2D eigenvalue weighted by Gasteiger charge is -2.15. The highest BCUT2D eigenvalue weighted by molar-refractivity contribution is 5.93. The van der Waals surface area contributed by atoms with Gasteiger partial charge in [-0.3, -0.25) is 0 Å². The van der Waals surface area contributed by atoms with Crippen molar-refractivity contribution in [2.75, 3.05) is 45.7 Å². The summed E-state index contributed by atoms with van der Waals surface area (Å²) in [7, 11) is -6.49. The highest BCUT2D eigenvalue weighted by atomic mass is 19.1. The van der Waals surface area contributed by atoms with Crippen molar-refractivity contribution in [3.8, 4) is 23.8 Å². The maximum absolute atomic E-state index is 13.9. The summed E-state index contributed by atoms with van der Waals surface area (Å²) in [6, 6.07) is 5.97. The Morgan fingerprint density at radius 1 is 1.10 bits per heavy atom. The van der Waals surface area contributed by atoms with E-state index >= 15 is 0 Å². The number of ether oxygens (including phenoxy) is 4. The quantitative estimate of drug-likeness (QED) is 0.500. The van der Waals surface area contributed by atoms with E-state index in [4.69, 9.17) is 32.3 Å². The third-order valence-electron chi connectivity index (χ3n) is 3.70. The summed E-state index contributed by atoms with van der Waals surface area (Å²) in [4.78, 5) is 8.17. The Bertz CT molecular complexity index is 1490.